The Balaban J connectivity index is 2.23. The number of nitrogens with zero attached hydrogens (tertiary/aromatic N) is 2. The van der Waals surface area contributed by atoms with Gasteiger partial charge in [0.15, 0.2) is 0 Å². The molecule has 2 nitrogen and oxygen atoms in total. The molecule has 1 heterocycles. The Labute approximate surface area is 110 Å². The van der Waals surface area contributed by atoms with Crippen molar-refractivity contribution in [2.24, 2.45) is 11.8 Å². The van der Waals surface area contributed by atoms with Gasteiger partial charge in [-0.2, -0.15) is 12.6 Å². The molecule has 17 heavy (non-hydrogen) atoms. The SMILES string of the molecule is Cc1nc2c(n1CC(CS)C(C)C)CCCC2. The van der Waals surface area contributed by atoms with Crippen LogP contribution in [0.5, 0.6) is 0 Å². The first-order valence-corrected chi connectivity index (χ1v) is 7.42. The molecule has 1 aromatic rings. The van der Waals surface area contributed by atoms with E-state index in [0.717, 1.165) is 12.3 Å². The molecular weight excluding hydrogens is 228 g/mol. The summed E-state index contributed by atoms with van der Waals surface area (Å²) >= 11 is 4.49. The van der Waals surface area contributed by atoms with Crippen LogP contribution in [0.3, 0.4) is 0 Å². The van der Waals surface area contributed by atoms with E-state index in [1.54, 1.807) is 0 Å². The van der Waals surface area contributed by atoms with Crippen LogP contribution in [0.2, 0.25) is 0 Å². The van der Waals surface area contributed by atoms with Gasteiger partial charge in [-0.1, -0.05) is 13.8 Å². The molecule has 0 bridgehead atoms. The summed E-state index contributed by atoms with van der Waals surface area (Å²) in [5.41, 5.74) is 2.86. The first-order chi connectivity index (χ1) is 8.13. The zero-order valence-electron chi connectivity index (χ0n) is 11.2. The van der Waals surface area contributed by atoms with E-state index in [4.69, 9.17) is 4.98 Å². The average Bonchev–Trinajstić information content (AvgIpc) is 2.61. The molecule has 0 aliphatic heterocycles. The predicted molar refractivity (Wildman–Crippen MR) is 75.8 cm³/mol. The fourth-order valence-electron chi connectivity index (χ4n) is 2.69. The number of aryl methyl sites for hydroxylation is 2. The van der Waals surface area contributed by atoms with Crippen molar-refractivity contribution in [3.05, 3.63) is 17.2 Å². The highest BCUT2D eigenvalue weighted by Crippen LogP contribution is 2.25. The lowest BCUT2D eigenvalue weighted by Crippen LogP contribution is -2.21. The van der Waals surface area contributed by atoms with E-state index < -0.39 is 0 Å². The molecular formula is C14H24N2S. The van der Waals surface area contributed by atoms with Crippen molar-refractivity contribution in [1.82, 2.24) is 9.55 Å². The molecule has 0 radical (unpaired) electrons. The Morgan fingerprint density at radius 3 is 2.65 bits per heavy atom. The topological polar surface area (TPSA) is 17.8 Å². The van der Waals surface area contributed by atoms with Crippen LogP contribution in [0, 0.1) is 18.8 Å². The van der Waals surface area contributed by atoms with Crippen molar-refractivity contribution in [3.8, 4) is 0 Å². The first-order valence-electron chi connectivity index (χ1n) is 6.79. The van der Waals surface area contributed by atoms with Gasteiger partial charge < -0.3 is 4.57 Å². The van der Waals surface area contributed by atoms with Crippen LogP contribution in [0.15, 0.2) is 0 Å². The average molecular weight is 252 g/mol. The standard InChI is InChI=1S/C14H24N2S/c1-10(2)12(9-17)8-16-11(3)15-13-6-4-5-7-14(13)16/h10,12,17H,4-9H2,1-3H3. The third kappa shape index (κ3) is 2.70. The normalized spacial score (nSPS) is 17.2. The van der Waals surface area contributed by atoms with E-state index in [-0.39, 0.29) is 0 Å². The molecule has 0 N–H and O–H groups in total. The highest BCUT2D eigenvalue weighted by atomic mass is 32.1. The van der Waals surface area contributed by atoms with Gasteiger partial charge in [0.25, 0.3) is 0 Å². The van der Waals surface area contributed by atoms with E-state index in [1.165, 1.54) is 42.9 Å². The minimum Gasteiger partial charge on any atom is -0.332 e. The molecule has 1 atom stereocenters. The van der Waals surface area contributed by atoms with Crippen molar-refractivity contribution in [3.63, 3.8) is 0 Å². The van der Waals surface area contributed by atoms with Crippen molar-refractivity contribution in [2.75, 3.05) is 5.75 Å². The molecule has 0 saturated carbocycles. The molecule has 0 spiro atoms. The monoisotopic (exact) mass is 252 g/mol. The second kappa shape index (κ2) is 5.47. The van der Waals surface area contributed by atoms with E-state index >= 15 is 0 Å². The van der Waals surface area contributed by atoms with E-state index in [2.05, 4.69) is 38.0 Å². The minimum atomic E-state index is 0.650. The number of aromatic nitrogens is 2. The fourth-order valence-corrected chi connectivity index (χ4v) is 3.23. The smallest absolute Gasteiger partial charge is 0.106 e. The molecule has 1 aliphatic rings. The Morgan fingerprint density at radius 2 is 2.00 bits per heavy atom. The minimum absolute atomic E-state index is 0.650. The quantitative estimate of drug-likeness (QED) is 0.814. The summed E-state index contributed by atoms with van der Waals surface area (Å²) in [6.07, 6.45) is 5.03. The highest BCUT2D eigenvalue weighted by Gasteiger charge is 2.21. The second-order valence-corrected chi connectivity index (χ2v) is 5.92. The van der Waals surface area contributed by atoms with Crippen LogP contribution in [0.4, 0.5) is 0 Å². The van der Waals surface area contributed by atoms with E-state index in [1.807, 2.05) is 0 Å². The van der Waals surface area contributed by atoms with Gasteiger partial charge in [-0.3, -0.25) is 0 Å². The second-order valence-electron chi connectivity index (χ2n) is 5.56. The lowest BCUT2D eigenvalue weighted by atomic mass is 9.96. The largest absolute Gasteiger partial charge is 0.332 e. The number of imidazole rings is 1. The van der Waals surface area contributed by atoms with Crippen molar-refractivity contribution in [1.29, 1.82) is 0 Å². The Hall–Kier alpha value is -0.440. The zero-order chi connectivity index (χ0) is 12.4. The van der Waals surface area contributed by atoms with Crippen molar-refractivity contribution < 1.29 is 0 Å². The van der Waals surface area contributed by atoms with Gasteiger partial charge in [0, 0.05) is 12.2 Å². The van der Waals surface area contributed by atoms with Crippen molar-refractivity contribution >= 4 is 12.6 Å². The first kappa shape index (κ1) is 13.0. The molecule has 2 rings (SSSR count). The summed E-state index contributed by atoms with van der Waals surface area (Å²) in [5.74, 6) is 3.50. The predicted octanol–water partition coefficient (Wildman–Crippen LogP) is 3.27. The summed E-state index contributed by atoms with van der Waals surface area (Å²) < 4.78 is 2.45. The molecule has 96 valence electrons. The van der Waals surface area contributed by atoms with Crippen molar-refractivity contribution in [2.45, 2.75) is 53.0 Å². The van der Waals surface area contributed by atoms with Gasteiger partial charge in [0.05, 0.1) is 5.69 Å². The third-order valence-electron chi connectivity index (χ3n) is 4.02. The van der Waals surface area contributed by atoms with Gasteiger partial charge >= 0.3 is 0 Å². The molecule has 0 aromatic carbocycles. The lowest BCUT2D eigenvalue weighted by Gasteiger charge is -2.22. The molecule has 0 amide bonds. The molecule has 1 aromatic heterocycles. The maximum atomic E-state index is 4.74. The Kier molecular flexibility index (Phi) is 4.18. The molecule has 1 aliphatic carbocycles. The van der Waals surface area contributed by atoms with E-state index in [0.29, 0.717) is 11.8 Å². The van der Waals surface area contributed by atoms with Crippen LogP contribution >= 0.6 is 12.6 Å². The Bertz CT molecular complexity index is 382. The van der Waals surface area contributed by atoms with Crippen LogP contribution < -0.4 is 0 Å². The molecule has 1 unspecified atom stereocenters. The number of hydrogen-bond donors (Lipinski definition) is 1. The number of hydrogen-bond acceptors (Lipinski definition) is 2. The summed E-state index contributed by atoms with van der Waals surface area (Å²) in [6, 6.07) is 0. The van der Waals surface area contributed by atoms with Crippen LogP contribution in [0.25, 0.3) is 0 Å². The molecule has 0 fully saturated rings. The summed E-state index contributed by atoms with van der Waals surface area (Å²) in [4.78, 5) is 4.74. The fraction of sp³-hybridized carbons (Fsp3) is 0.786. The summed E-state index contributed by atoms with van der Waals surface area (Å²) in [6.45, 7) is 7.82. The summed E-state index contributed by atoms with van der Waals surface area (Å²) in [7, 11) is 0. The van der Waals surface area contributed by atoms with Crippen LogP contribution in [-0.4, -0.2) is 15.3 Å². The number of fused-ring (bicyclic) bond motifs is 1. The maximum Gasteiger partial charge on any atom is 0.106 e. The van der Waals surface area contributed by atoms with Gasteiger partial charge in [-0.05, 0) is 50.2 Å². The number of thiol groups is 1. The van der Waals surface area contributed by atoms with Crippen LogP contribution in [0.1, 0.15) is 43.9 Å². The lowest BCUT2D eigenvalue weighted by molar-refractivity contribution is 0.362. The summed E-state index contributed by atoms with van der Waals surface area (Å²) in [5, 5.41) is 0. The molecule has 3 heteroatoms. The highest BCUT2D eigenvalue weighted by molar-refractivity contribution is 7.80. The van der Waals surface area contributed by atoms with Gasteiger partial charge in [0.2, 0.25) is 0 Å². The van der Waals surface area contributed by atoms with Gasteiger partial charge in [-0.15, -0.1) is 0 Å². The zero-order valence-corrected chi connectivity index (χ0v) is 12.1. The van der Waals surface area contributed by atoms with E-state index in [9.17, 15) is 0 Å². The number of rotatable bonds is 4. The third-order valence-corrected chi connectivity index (χ3v) is 4.49. The molecule has 0 saturated heterocycles. The van der Waals surface area contributed by atoms with Gasteiger partial charge in [-0.25, -0.2) is 4.98 Å². The Morgan fingerprint density at radius 1 is 1.29 bits per heavy atom. The van der Waals surface area contributed by atoms with Crippen LogP contribution in [-0.2, 0) is 19.4 Å². The van der Waals surface area contributed by atoms with Gasteiger partial charge in [0.1, 0.15) is 5.82 Å². The maximum absolute atomic E-state index is 4.74.